The SMILES string of the molecule is Cc1cccc(NC(=O)COC(=O)/C=C/c2nc3ccccc3s2)c1. The van der Waals surface area contributed by atoms with Crippen LogP contribution in [0.4, 0.5) is 5.69 Å². The van der Waals surface area contributed by atoms with E-state index in [0.717, 1.165) is 15.8 Å². The minimum Gasteiger partial charge on any atom is -0.452 e. The molecule has 0 aliphatic rings. The second kappa shape index (κ2) is 7.72. The summed E-state index contributed by atoms with van der Waals surface area (Å²) in [5.41, 5.74) is 2.60. The molecule has 3 rings (SSSR count). The summed E-state index contributed by atoms with van der Waals surface area (Å²) < 4.78 is 5.99. The lowest BCUT2D eigenvalue weighted by molar-refractivity contribution is -0.142. The Bertz CT molecular complexity index is 914. The molecule has 0 spiro atoms. The lowest BCUT2D eigenvalue weighted by atomic mass is 10.2. The van der Waals surface area contributed by atoms with E-state index in [1.807, 2.05) is 49.4 Å². The molecule has 0 unspecified atom stereocenters. The fraction of sp³-hybridized carbons (Fsp3) is 0.105. The molecule has 25 heavy (non-hydrogen) atoms. The van der Waals surface area contributed by atoms with Crippen molar-refractivity contribution in [2.24, 2.45) is 0 Å². The minimum absolute atomic E-state index is 0.336. The summed E-state index contributed by atoms with van der Waals surface area (Å²) in [7, 11) is 0. The Labute approximate surface area is 149 Å². The molecule has 0 atom stereocenters. The molecule has 0 saturated carbocycles. The van der Waals surface area contributed by atoms with Gasteiger partial charge in [0, 0.05) is 11.8 Å². The fourth-order valence-corrected chi connectivity index (χ4v) is 3.08. The number of hydrogen-bond donors (Lipinski definition) is 1. The molecule has 0 radical (unpaired) electrons. The number of nitrogens with zero attached hydrogens (tertiary/aromatic N) is 1. The van der Waals surface area contributed by atoms with Crippen molar-refractivity contribution in [3.05, 3.63) is 65.2 Å². The molecule has 0 saturated heterocycles. The van der Waals surface area contributed by atoms with Gasteiger partial charge in [0.05, 0.1) is 10.2 Å². The lowest BCUT2D eigenvalue weighted by Gasteiger charge is -2.05. The van der Waals surface area contributed by atoms with Gasteiger partial charge in [-0.3, -0.25) is 4.79 Å². The van der Waals surface area contributed by atoms with E-state index in [4.69, 9.17) is 4.74 Å². The van der Waals surface area contributed by atoms with Crippen molar-refractivity contribution >= 4 is 45.2 Å². The number of para-hydroxylation sites is 1. The molecule has 2 aromatic carbocycles. The summed E-state index contributed by atoms with van der Waals surface area (Å²) in [5, 5.41) is 3.39. The van der Waals surface area contributed by atoms with Crippen LogP contribution in [0.2, 0.25) is 0 Å². The highest BCUT2D eigenvalue weighted by molar-refractivity contribution is 7.19. The summed E-state index contributed by atoms with van der Waals surface area (Å²) in [6.07, 6.45) is 2.86. The Morgan fingerprint density at radius 3 is 2.84 bits per heavy atom. The maximum absolute atomic E-state index is 11.8. The van der Waals surface area contributed by atoms with Crippen molar-refractivity contribution < 1.29 is 14.3 Å². The number of nitrogens with one attached hydrogen (secondary N) is 1. The molecule has 0 aliphatic carbocycles. The Morgan fingerprint density at radius 2 is 2.04 bits per heavy atom. The molecule has 1 heterocycles. The summed E-state index contributed by atoms with van der Waals surface area (Å²) in [6, 6.07) is 15.1. The third-order valence-corrected chi connectivity index (χ3v) is 4.32. The van der Waals surface area contributed by atoms with Gasteiger partial charge in [0.25, 0.3) is 5.91 Å². The van der Waals surface area contributed by atoms with Gasteiger partial charge in [-0.2, -0.15) is 0 Å². The summed E-state index contributed by atoms with van der Waals surface area (Å²) in [5.74, 6) is -0.967. The Kier molecular flexibility index (Phi) is 5.20. The number of aromatic nitrogens is 1. The highest BCUT2D eigenvalue weighted by Gasteiger charge is 2.06. The van der Waals surface area contributed by atoms with E-state index >= 15 is 0 Å². The van der Waals surface area contributed by atoms with Crippen molar-refractivity contribution in [2.75, 3.05) is 11.9 Å². The highest BCUT2D eigenvalue weighted by Crippen LogP contribution is 2.22. The first-order chi connectivity index (χ1) is 12.1. The first-order valence-electron chi connectivity index (χ1n) is 7.67. The van der Waals surface area contributed by atoms with E-state index < -0.39 is 5.97 Å². The molecule has 126 valence electrons. The lowest BCUT2D eigenvalue weighted by Crippen LogP contribution is -2.20. The molecule has 0 bridgehead atoms. The third kappa shape index (κ3) is 4.74. The van der Waals surface area contributed by atoms with E-state index in [1.165, 1.54) is 17.4 Å². The van der Waals surface area contributed by atoms with Crippen LogP contribution in [-0.4, -0.2) is 23.5 Å². The first-order valence-corrected chi connectivity index (χ1v) is 8.49. The maximum Gasteiger partial charge on any atom is 0.331 e. The molecule has 0 aliphatic heterocycles. The Balaban J connectivity index is 1.51. The zero-order valence-electron chi connectivity index (χ0n) is 13.6. The van der Waals surface area contributed by atoms with Crippen molar-refractivity contribution in [3.63, 3.8) is 0 Å². The normalized spacial score (nSPS) is 10.9. The van der Waals surface area contributed by atoms with Crippen molar-refractivity contribution in [3.8, 4) is 0 Å². The predicted molar refractivity (Wildman–Crippen MR) is 99.4 cm³/mol. The van der Waals surface area contributed by atoms with E-state index in [1.54, 1.807) is 12.1 Å². The van der Waals surface area contributed by atoms with E-state index in [2.05, 4.69) is 10.3 Å². The molecular weight excluding hydrogens is 336 g/mol. The highest BCUT2D eigenvalue weighted by atomic mass is 32.1. The minimum atomic E-state index is -0.585. The number of thiazole rings is 1. The average molecular weight is 352 g/mol. The second-order valence-electron chi connectivity index (χ2n) is 5.38. The molecule has 0 fully saturated rings. The van der Waals surface area contributed by atoms with Crippen LogP contribution in [0.15, 0.2) is 54.6 Å². The van der Waals surface area contributed by atoms with Crippen LogP contribution in [0, 0.1) is 6.92 Å². The Hall–Kier alpha value is -2.99. The number of benzene rings is 2. The van der Waals surface area contributed by atoms with Crippen LogP contribution in [0.5, 0.6) is 0 Å². The predicted octanol–water partition coefficient (Wildman–Crippen LogP) is 3.80. The van der Waals surface area contributed by atoms with Crippen LogP contribution in [-0.2, 0) is 14.3 Å². The molecule has 1 amide bonds. The number of anilines is 1. The molecule has 6 heteroatoms. The van der Waals surface area contributed by atoms with Gasteiger partial charge in [0.15, 0.2) is 6.61 Å². The van der Waals surface area contributed by atoms with E-state index in [0.29, 0.717) is 10.7 Å². The number of aryl methyl sites for hydroxylation is 1. The van der Waals surface area contributed by atoms with Gasteiger partial charge in [-0.15, -0.1) is 11.3 Å². The van der Waals surface area contributed by atoms with Gasteiger partial charge in [0.1, 0.15) is 5.01 Å². The number of esters is 1. The van der Waals surface area contributed by atoms with Crippen molar-refractivity contribution in [2.45, 2.75) is 6.92 Å². The number of carbonyl (C=O) groups is 2. The fourth-order valence-electron chi connectivity index (χ4n) is 2.21. The number of ether oxygens (including phenoxy) is 1. The van der Waals surface area contributed by atoms with Gasteiger partial charge >= 0.3 is 5.97 Å². The number of fused-ring (bicyclic) bond motifs is 1. The number of hydrogen-bond acceptors (Lipinski definition) is 5. The van der Waals surface area contributed by atoms with Gasteiger partial charge in [-0.1, -0.05) is 24.3 Å². The molecule has 1 N–H and O–H groups in total. The van der Waals surface area contributed by atoms with Crippen molar-refractivity contribution in [1.29, 1.82) is 0 Å². The number of carbonyl (C=O) groups excluding carboxylic acids is 2. The van der Waals surface area contributed by atoms with Gasteiger partial charge in [-0.25, -0.2) is 9.78 Å². The maximum atomic E-state index is 11.8. The zero-order valence-corrected chi connectivity index (χ0v) is 14.4. The topological polar surface area (TPSA) is 68.3 Å². The first kappa shape index (κ1) is 16.9. The zero-order chi connectivity index (χ0) is 17.6. The largest absolute Gasteiger partial charge is 0.452 e. The second-order valence-corrected chi connectivity index (χ2v) is 6.44. The van der Waals surface area contributed by atoms with Gasteiger partial charge in [-0.05, 0) is 42.8 Å². The summed E-state index contributed by atoms with van der Waals surface area (Å²) in [6.45, 7) is 1.60. The van der Waals surface area contributed by atoms with Gasteiger partial charge < -0.3 is 10.1 Å². The molecular formula is C19H16N2O3S. The van der Waals surface area contributed by atoms with Crippen LogP contribution < -0.4 is 5.32 Å². The van der Waals surface area contributed by atoms with Crippen LogP contribution in [0.3, 0.4) is 0 Å². The number of rotatable bonds is 5. The summed E-state index contributed by atoms with van der Waals surface area (Å²) >= 11 is 1.48. The molecule has 5 nitrogen and oxygen atoms in total. The van der Waals surface area contributed by atoms with Crippen LogP contribution in [0.25, 0.3) is 16.3 Å². The monoisotopic (exact) mass is 352 g/mol. The van der Waals surface area contributed by atoms with Crippen molar-refractivity contribution in [1.82, 2.24) is 4.98 Å². The quantitative estimate of drug-likeness (QED) is 0.560. The molecule has 3 aromatic rings. The standard InChI is InChI=1S/C19H16N2O3S/c1-13-5-4-6-14(11-13)20-17(22)12-24-19(23)10-9-18-21-15-7-2-3-8-16(15)25-18/h2-11H,12H2,1H3,(H,20,22)/b10-9+. The third-order valence-electron chi connectivity index (χ3n) is 3.32. The van der Waals surface area contributed by atoms with Crippen LogP contribution in [0.1, 0.15) is 10.6 Å². The smallest absolute Gasteiger partial charge is 0.331 e. The van der Waals surface area contributed by atoms with Gasteiger partial charge in [0.2, 0.25) is 0 Å². The number of amides is 1. The molecule has 1 aromatic heterocycles. The summed E-state index contributed by atoms with van der Waals surface area (Å²) in [4.78, 5) is 27.9. The van der Waals surface area contributed by atoms with Crippen LogP contribution >= 0.6 is 11.3 Å². The average Bonchev–Trinajstić information content (AvgIpc) is 3.01. The Morgan fingerprint density at radius 1 is 1.20 bits per heavy atom. The van der Waals surface area contributed by atoms with E-state index in [9.17, 15) is 9.59 Å². The van der Waals surface area contributed by atoms with E-state index in [-0.39, 0.29) is 12.5 Å².